The first-order chi connectivity index (χ1) is 6.92. The standard InChI is InChI=1S/C13H15F/c14-10-12-8-4-5-9-13(12)11-6-2-1-3-7-11/h1-3,6-7,10,13H,4-5,8-9H2/b12-10-. The maximum absolute atomic E-state index is 12.7. The lowest BCUT2D eigenvalue weighted by atomic mass is 9.80. The maximum Gasteiger partial charge on any atom is 0.0865 e. The second-order valence-corrected chi connectivity index (χ2v) is 3.89. The molecule has 0 aliphatic heterocycles. The van der Waals surface area contributed by atoms with E-state index in [1.165, 1.54) is 12.0 Å². The van der Waals surface area contributed by atoms with Gasteiger partial charge in [0.2, 0.25) is 0 Å². The van der Waals surface area contributed by atoms with Crippen LogP contribution in [0.2, 0.25) is 0 Å². The van der Waals surface area contributed by atoms with Gasteiger partial charge in [-0.1, -0.05) is 36.8 Å². The highest BCUT2D eigenvalue weighted by molar-refractivity contribution is 5.29. The molecule has 0 bridgehead atoms. The zero-order valence-electron chi connectivity index (χ0n) is 8.25. The Morgan fingerprint density at radius 2 is 1.93 bits per heavy atom. The Kier molecular flexibility index (Phi) is 2.97. The second-order valence-electron chi connectivity index (χ2n) is 3.89. The minimum atomic E-state index is 0.329. The van der Waals surface area contributed by atoms with E-state index in [1.807, 2.05) is 18.2 Å². The molecule has 1 atom stereocenters. The molecule has 0 heterocycles. The van der Waals surface area contributed by atoms with Gasteiger partial charge in [-0.15, -0.1) is 0 Å². The molecule has 1 aromatic rings. The van der Waals surface area contributed by atoms with Gasteiger partial charge in [0.1, 0.15) is 0 Å². The van der Waals surface area contributed by atoms with Gasteiger partial charge in [-0.3, -0.25) is 0 Å². The lowest BCUT2D eigenvalue weighted by Gasteiger charge is -2.24. The van der Waals surface area contributed by atoms with E-state index < -0.39 is 0 Å². The highest BCUT2D eigenvalue weighted by Crippen LogP contribution is 2.37. The highest BCUT2D eigenvalue weighted by atomic mass is 19.1. The lowest BCUT2D eigenvalue weighted by molar-refractivity contribution is 0.523. The molecule has 1 aliphatic carbocycles. The van der Waals surface area contributed by atoms with E-state index in [0.29, 0.717) is 5.92 Å². The molecule has 1 aliphatic rings. The van der Waals surface area contributed by atoms with Crippen molar-refractivity contribution in [1.82, 2.24) is 0 Å². The van der Waals surface area contributed by atoms with Crippen LogP contribution in [0.3, 0.4) is 0 Å². The van der Waals surface area contributed by atoms with Crippen LogP contribution < -0.4 is 0 Å². The number of halogens is 1. The van der Waals surface area contributed by atoms with Crippen molar-refractivity contribution >= 4 is 0 Å². The Labute approximate surface area is 84.5 Å². The van der Waals surface area contributed by atoms with Gasteiger partial charge >= 0.3 is 0 Å². The van der Waals surface area contributed by atoms with Gasteiger partial charge in [0.25, 0.3) is 0 Å². The maximum atomic E-state index is 12.7. The SMILES string of the molecule is F/C=C1/CCCCC1c1ccccc1. The average Bonchev–Trinajstić information content (AvgIpc) is 2.30. The first kappa shape index (κ1) is 9.45. The first-order valence-corrected chi connectivity index (χ1v) is 5.26. The molecular formula is C13H15F. The predicted molar refractivity (Wildman–Crippen MR) is 56.8 cm³/mol. The fourth-order valence-corrected chi connectivity index (χ4v) is 2.23. The van der Waals surface area contributed by atoms with Crippen molar-refractivity contribution in [2.75, 3.05) is 0 Å². The number of allylic oxidation sites excluding steroid dienone is 1. The van der Waals surface area contributed by atoms with Crippen molar-refractivity contribution in [3.8, 4) is 0 Å². The summed E-state index contributed by atoms with van der Waals surface area (Å²) in [6.07, 6.45) is 5.20. The monoisotopic (exact) mass is 190 g/mol. The van der Waals surface area contributed by atoms with Crippen LogP contribution in [0.1, 0.15) is 37.2 Å². The van der Waals surface area contributed by atoms with Crippen LogP contribution in [0.25, 0.3) is 0 Å². The van der Waals surface area contributed by atoms with Crippen LogP contribution in [0.4, 0.5) is 4.39 Å². The van der Waals surface area contributed by atoms with Gasteiger partial charge in [0.15, 0.2) is 0 Å². The fourth-order valence-electron chi connectivity index (χ4n) is 2.23. The lowest BCUT2D eigenvalue weighted by Crippen LogP contribution is -2.07. The summed E-state index contributed by atoms with van der Waals surface area (Å²) in [6, 6.07) is 10.3. The van der Waals surface area contributed by atoms with Gasteiger partial charge in [-0.2, -0.15) is 0 Å². The van der Waals surface area contributed by atoms with Crippen molar-refractivity contribution in [3.05, 3.63) is 47.8 Å². The van der Waals surface area contributed by atoms with E-state index in [2.05, 4.69) is 12.1 Å². The Morgan fingerprint density at radius 1 is 1.14 bits per heavy atom. The quantitative estimate of drug-likeness (QED) is 0.622. The summed E-state index contributed by atoms with van der Waals surface area (Å²) in [4.78, 5) is 0. The molecule has 2 rings (SSSR count). The smallest absolute Gasteiger partial charge is 0.0865 e. The normalized spacial score (nSPS) is 25.2. The summed E-state index contributed by atoms with van der Waals surface area (Å²) in [6.45, 7) is 0. The van der Waals surface area contributed by atoms with E-state index in [1.54, 1.807) is 0 Å². The molecular weight excluding hydrogens is 175 g/mol. The van der Waals surface area contributed by atoms with E-state index in [-0.39, 0.29) is 0 Å². The van der Waals surface area contributed by atoms with Crippen LogP contribution in [-0.2, 0) is 0 Å². The van der Waals surface area contributed by atoms with Crippen molar-refractivity contribution < 1.29 is 4.39 Å². The second kappa shape index (κ2) is 4.41. The molecule has 14 heavy (non-hydrogen) atoms. The van der Waals surface area contributed by atoms with Crippen LogP contribution in [0.15, 0.2) is 42.2 Å². The van der Waals surface area contributed by atoms with Gasteiger partial charge in [-0.25, -0.2) is 4.39 Å². The molecule has 0 aromatic heterocycles. The van der Waals surface area contributed by atoms with E-state index >= 15 is 0 Å². The number of hydrogen-bond donors (Lipinski definition) is 0. The van der Waals surface area contributed by atoms with E-state index in [9.17, 15) is 4.39 Å². The Hall–Kier alpha value is -1.11. The van der Waals surface area contributed by atoms with Crippen molar-refractivity contribution in [2.24, 2.45) is 0 Å². The molecule has 74 valence electrons. The van der Waals surface area contributed by atoms with Gasteiger partial charge in [-0.05, 0) is 30.4 Å². The highest BCUT2D eigenvalue weighted by Gasteiger charge is 2.20. The number of benzene rings is 1. The molecule has 1 fully saturated rings. The number of hydrogen-bond acceptors (Lipinski definition) is 0. The summed E-state index contributed by atoms with van der Waals surface area (Å²) >= 11 is 0. The van der Waals surface area contributed by atoms with Crippen LogP contribution in [-0.4, -0.2) is 0 Å². The zero-order chi connectivity index (χ0) is 9.80. The molecule has 0 radical (unpaired) electrons. The van der Waals surface area contributed by atoms with Gasteiger partial charge in [0, 0.05) is 5.92 Å². The molecule has 0 nitrogen and oxygen atoms in total. The van der Waals surface area contributed by atoms with Crippen LogP contribution in [0.5, 0.6) is 0 Å². The summed E-state index contributed by atoms with van der Waals surface area (Å²) in [5, 5.41) is 0. The largest absolute Gasteiger partial charge is 0.216 e. The molecule has 1 aromatic carbocycles. The van der Waals surface area contributed by atoms with Gasteiger partial charge in [0.05, 0.1) is 6.33 Å². The summed E-state index contributed by atoms with van der Waals surface area (Å²) < 4.78 is 12.7. The summed E-state index contributed by atoms with van der Waals surface area (Å²) in [5.41, 5.74) is 2.23. The third-order valence-electron chi connectivity index (χ3n) is 3.00. The Morgan fingerprint density at radius 3 is 2.64 bits per heavy atom. The topological polar surface area (TPSA) is 0 Å². The molecule has 1 heteroatoms. The molecule has 0 amide bonds. The molecule has 0 N–H and O–H groups in total. The third kappa shape index (κ3) is 1.87. The van der Waals surface area contributed by atoms with Crippen molar-refractivity contribution in [3.63, 3.8) is 0 Å². The van der Waals surface area contributed by atoms with E-state index in [4.69, 9.17) is 0 Å². The summed E-state index contributed by atoms with van der Waals surface area (Å²) in [5.74, 6) is 0.329. The van der Waals surface area contributed by atoms with Crippen molar-refractivity contribution in [2.45, 2.75) is 31.6 Å². The zero-order valence-corrected chi connectivity index (χ0v) is 8.25. The van der Waals surface area contributed by atoms with Crippen LogP contribution >= 0.6 is 0 Å². The minimum absolute atomic E-state index is 0.329. The molecule has 0 saturated heterocycles. The fraction of sp³-hybridized carbons (Fsp3) is 0.385. The number of rotatable bonds is 1. The Bertz CT molecular complexity index is 313. The van der Waals surface area contributed by atoms with Crippen LogP contribution in [0, 0.1) is 0 Å². The van der Waals surface area contributed by atoms with Crippen molar-refractivity contribution in [1.29, 1.82) is 0 Å². The first-order valence-electron chi connectivity index (χ1n) is 5.26. The van der Waals surface area contributed by atoms with E-state index in [0.717, 1.165) is 31.2 Å². The molecule has 1 unspecified atom stereocenters. The Balaban J connectivity index is 2.24. The predicted octanol–water partition coefficient (Wildman–Crippen LogP) is 4.20. The third-order valence-corrected chi connectivity index (χ3v) is 3.00. The minimum Gasteiger partial charge on any atom is -0.216 e. The average molecular weight is 190 g/mol. The molecule has 1 saturated carbocycles. The molecule has 0 spiro atoms. The summed E-state index contributed by atoms with van der Waals surface area (Å²) in [7, 11) is 0. The van der Waals surface area contributed by atoms with Gasteiger partial charge < -0.3 is 0 Å².